The van der Waals surface area contributed by atoms with Crippen LogP contribution in [0.2, 0.25) is 5.02 Å². The van der Waals surface area contributed by atoms with Crippen LogP contribution >= 0.6 is 11.6 Å². The van der Waals surface area contributed by atoms with Gasteiger partial charge in [-0.05, 0) is 12.1 Å². The summed E-state index contributed by atoms with van der Waals surface area (Å²) in [7, 11) is -3.36. The Kier molecular flexibility index (Phi) is 1.94. The van der Waals surface area contributed by atoms with Gasteiger partial charge >= 0.3 is 0 Å². The molecule has 2 N–H and O–H groups in total. The number of nitrogens with one attached hydrogen (secondary N) is 2. The molecule has 0 radical (unpaired) electrons. The molecule has 2 rings (SSSR count). The maximum Gasteiger partial charge on any atom is 0.244 e. The van der Waals surface area contributed by atoms with Crippen molar-refractivity contribution in [3.8, 4) is 0 Å². The van der Waals surface area contributed by atoms with E-state index in [1.165, 1.54) is 6.07 Å². The largest absolute Gasteiger partial charge is 0.369 e. The van der Waals surface area contributed by atoms with Crippen LogP contribution in [0.15, 0.2) is 23.1 Å². The van der Waals surface area contributed by atoms with Crippen LogP contribution in [0, 0.1) is 0 Å². The van der Waals surface area contributed by atoms with Crippen LogP contribution in [0.1, 0.15) is 0 Å². The van der Waals surface area contributed by atoms with Crippen LogP contribution in [0.4, 0.5) is 5.69 Å². The van der Waals surface area contributed by atoms with Gasteiger partial charge in [-0.25, -0.2) is 8.42 Å². The van der Waals surface area contributed by atoms with E-state index >= 15 is 0 Å². The van der Waals surface area contributed by atoms with Crippen molar-refractivity contribution >= 4 is 27.3 Å². The molecule has 70 valence electrons. The number of rotatable bonds is 0. The molecule has 0 spiro atoms. The summed E-state index contributed by atoms with van der Waals surface area (Å²) in [4.78, 5) is 0.200. The van der Waals surface area contributed by atoms with Crippen LogP contribution in [-0.2, 0) is 10.0 Å². The summed E-state index contributed by atoms with van der Waals surface area (Å²) in [5.74, 6) is 0. The second-order valence-corrected chi connectivity index (χ2v) is 4.76. The number of sulfonamides is 1. The third kappa shape index (κ3) is 1.39. The molecule has 0 bridgehead atoms. The fraction of sp³-hybridized carbons (Fsp3) is 0.143. The van der Waals surface area contributed by atoms with Crippen molar-refractivity contribution in [2.45, 2.75) is 4.90 Å². The van der Waals surface area contributed by atoms with E-state index in [1.807, 2.05) is 0 Å². The summed E-state index contributed by atoms with van der Waals surface area (Å²) in [6.07, 6.45) is 0. The predicted molar refractivity (Wildman–Crippen MR) is 50.3 cm³/mol. The zero-order chi connectivity index (χ0) is 9.47. The average molecular weight is 219 g/mol. The Balaban J connectivity index is 2.73. The number of hydrogen-bond donors (Lipinski definition) is 2. The number of para-hydroxylation sites is 1. The predicted octanol–water partition coefficient (Wildman–Crippen LogP) is 1.00. The van der Waals surface area contributed by atoms with Crippen molar-refractivity contribution in [1.82, 2.24) is 4.72 Å². The molecule has 0 amide bonds. The van der Waals surface area contributed by atoms with Crippen LogP contribution in [0.3, 0.4) is 0 Å². The molecule has 0 aromatic heterocycles. The third-order valence-corrected chi connectivity index (χ3v) is 3.55. The topological polar surface area (TPSA) is 58.2 Å². The highest BCUT2D eigenvalue weighted by atomic mass is 35.5. The molecule has 0 unspecified atom stereocenters. The molecule has 1 aliphatic heterocycles. The van der Waals surface area contributed by atoms with Gasteiger partial charge in [-0.2, -0.15) is 4.72 Å². The van der Waals surface area contributed by atoms with E-state index < -0.39 is 10.0 Å². The van der Waals surface area contributed by atoms with Crippen LogP contribution in [-0.4, -0.2) is 15.1 Å². The number of anilines is 1. The van der Waals surface area contributed by atoms with Crippen molar-refractivity contribution in [2.75, 3.05) is 12.0 Å². The van der Waals surface area contributed by atoms with Gasteiger partial charge in [-0.1, -0.05) is 17.7 Å². The Morgan fingerprint density at radius 2 is 2.15 bits per heavy atom. The molecule has 0 fully saturated rings. The molecule has 1 aromatic carbocycles. The van der Waals surface area contributed by atoms with Gasteiger partial charge in [0.15, 0.2) is 0 Å². The molecule has 0 saturated heterocycles. The summed E-state index contributed by atoms with van der Waals surface area (Å²) in [5.41, 5.74) is 0.475. The van der Waals surface area contributed by atoms with Crippen LogP contribution < -0.4 is 10.0 Å². The zero-order valence-electron chi connectivity index (χ0n) is 6.54. The first-order valence-corrected chi connectivity index (χ1v) is 5.49. The molecule has 1 aromatic rings. The van der Waals surface area contributed by atoms with Gasteiger partial charge in [0.05, 0.1) is 17.4 Å². The molecule has 13 heavy (non-hydrogen) atoms. The maximum atomic E-state index is 11.4. The van der Waals surface area contributed by atoms with Crippen molar-refractivity contribution in [2.24, 2.45) is 0 Å². The summed E-state index contributed by atoms with van der Waals surface area (Å²) in [6, 6.07) is 4.76. The highest BCUT2D eigenvalue weighted by molar-refractivity contribution is 7.89. The van der Waals surface area contributed by atoms with E-state index in [1.54, 1.807) is 12.1 Å². The molecular formula is C7H7ClN2O2S. The smallest absolute Gasteiger partial charge is 0.244 e. The van der Waals surface area contributed by atoms with Gasteiger partial charge in [0, 0.05) is 0 Å². The number of benzene rings is 1. The quantitative estimate of drug-likeness (QED) is 0.683. The second kappa shape index (κ2) is 2.87. The molecule has 0 atom stereocenters. The lowest BCUT2D eigenvalue weighted by Gasteiger charge is -2.19. The van der Waals surface area contributed by atoms with Crippen molar-refractivity contribution in [3.05, 3.63) is 23.2 Å². The minimum Gasteiger partial charge on any atom is -0.369 e. The third-order valence-electron chi connectivity index (χ3n) is 1.79. The SMILES string of the molecule is O=S1(=O)NCNc2c(Cl)cccc21. The monoisotopic (exact) mass is 218 g/mol. The fourth-order valence-electron chi connectivity index (χ4n) is 1.20. The highest BCUT2D eigenvalue weighted by Crippen LogP contribution is 2.30. The van der Waals surface area contributed by atoms with E-state index in [2.05, 4.69) is 10.0 Å². The molecule has 1 heterocycles. The Morgan fingerprint density at radius 3 is 2.85 bits per heavy atom. The molecular weight excluding hydrogens is 212 g/mol. The highest BCUT2D eigenvalue weighted by Gasteiger charge is 2.23. The Hall–Kier alpha value is -0.780. The van der Waals surface area contributed by atoms with Crippen molar-refractivity contribution < 1.29 is 8.42 Å². The summed E-state index contributed by atoms with van der Waals surface area (Å²) in [6.45, 7) is 0.180. The fourth-order valence-corrected chi connectivity index (χ4v) is 2.62. The second-order valence-electron chi connectivity index (χ2n) is 2.61. The normalized spacial score (nSPS) is 18.8. The Labute approximate surface area is 81.0 Å². The summed E-state index contributed by atoms with van der Waals surface area (Å²) >= 11 is 5.81. The molecule has 6 heteroatoms. The molecule has 1 aliphatic rings. The lowest BCUT2D eigenvalue weighted by Crippen LogP contribution is -2.34. The van der Waals surface area contributed by atoms with E-state index in [0.717, 1.165) is 0 Å². The number of fused-ring (bicyclic) bond motifs is 1. The van der Waals surface area contributed by atoms with Crippen molar-refractivity contribution in [3.63, 3.8) is 0 Å². The molecule has 0 saturated carbocycles. The van der Waals surface area contributed by atoms with Gasteiger partial charge in [0.25, 0.3) is 0 Å². The number of halogens is 1. The Morgan fingerprint density at radius 1 is 1.38 bits per heavy atom. The van der Waals surface area contributed by atoms with Gasteiger partial charge in [-0.3, -0.25) is 0 Å². The van der Waals surface area contributed by atoms with Crippen molar-refractivity contribution in [1.29, 1.82) is 0 Å². The zero-order valence-corrected chi connectivity index (χ0v) is 8.11. The van der Waals surface area contributed by atoms with E-state index in [9.17, 15) is 8.42 Å². The minimum atomic E-state index is -3.36. The lowest BCUT2D eigenvalue weighted by molar-refractivity contribution is 0.581. The Bertz CT molecular complexity index is 444. The average Bonchev–Trinajstić information content (AvgIpc) is 2.06. The molecule has 4 nitrogen and oxygen atoms in total. The van der Waals surface area contributed by atoms with Gasteiger partial charge in [0.1, 0.15) is 4.90 Å². The van der Waals surface area contributed by atoms with E-state index in [-0.39, 0.29) is 11.6 Å². The number of hydrogen-bond acceptors (Lipinski definition) is 3. The first kappa shape index (κ1) is 8.80. The van der Waals surface area contributed by atoms with Crippen LogP contribution in [0.25, 0.3) is 0 Å². The molecule has 0 aliphatic carbocycles. The first-order chi connectivity index (χ1) is 6.11. The van der Waals surface area contributed by atoms with Gasteiger partial charge in [0.2, 0.25) is 10.0 Å². The standard InChI is InChI=1S/C7H7ClN2O2S/c8-5-2-1-3-6-7(5)9-4-10-13(6,11)12/h1-3,9-10H,4H2. The van der Waals surface area contributed by atoms with E-state index in [0.29, 0.717) is 10.7 Å². The van der Waals surface area contributed by atoms with Gasteiger partial charge < -0.3 is 5.32 Å². The summed E-state index contributed by atoms with van der Waals surface area (Å²) < 4.78 is 25.2. The first-order valence-electron chi connectivity index (χ1n) is 3.63. The van der Waals surface area contributed by atoms with Crippen LogP contribution in [0.5, 0.6) is 0 Å². The van der Waals surface area contributed by atoms with Gasteiger partial charge in [-0.15, -0.1) is 0 Å². The minimum absolute atomic E-state index is 0.180. The summed E-state index contributed by atoms with van der Waals surface area (Å²) in [5, 5.41) is 3.28. The maximum absolute atomic E-state index is 11.4. The van der Waals surface area contributed by atoms with E-state index in [4.69, 9.17) is 11.6 Å². The lowest BCUT2D eigenvalue weighted by atomic mass is 10.3.